The fourth-order valence-corrected chi connectivity index (χ4v) is 6.63. The minimum absolute atomic E-state index is 0.0553. The van der Waals surface area contributed by atoms with E-state index in [0.29, 0.717) is 0 Å². The van der Waals surface area contributed by atoms with E-state index < -0.39 is 74.8 Å². The number of aromatic amines is 1. The van der Waals surface area contributed by atoms with E-state index in [-0.39, 0.29) is 34.1 Å². The predicted octanol–water partition coefficient (Wildman–Crippen LogP) is -3.14. The molecule has 2 fully saturated rings. The van der Waals surface area contributed by atoms with Gasteiger partial charge in [-0.05, 0) is 0 Å². The van der Waals surface area contributed by atoms with Gasteiger partial charge in [-0.1, -0.05) is 0 Å². The molecule has 0 saturated carbocycles. The monoisotopic (exact) mass is 614 g/mol. The van der Waals surface area contributed by atoms with E-state index in [9.17, 15) is 34.7 Å². The van der Waals surface area contributed by atoms with Crippen molar-refractivity contribution in [2.24, 2.45) is 0 Å². The van der Waals surface area contributed by atoms with Crippen LogP contribution >= 0.6 is 7.60 Å². The van der Waals surface area contributed by atoms with Gasteiger partial charge in [0.05, 0.1) is 19.3 Å². The summed E-state index contributed by atoms with van der Waals surface area (Å²) in [5.41, 5.74) is 8.29. The van der Waals surface area contributed by atoms with Crippen molar-refractivity contribution in [1.82, 2.24) is 39.0 Å². The first-order chi connectivity index (χ1) is 19.9. The zero-order chi connectivity index (χ0) is 30.1. The van der Waals surface area contributed by atoms with Gasteiger partial charge in [-0.15, -0.1) is 0 Å². The Hall–Kier alpha value is -3.66. The summed E-state index contributed by atoms with van der Waals surface area (Å²) in [6, 6.07) is 0. The lowest BCUT2D eigenvalue weighted by molar-refractivity contribution is -0.206. The number of nitrogens with two attached hydrogens (primary N) is 2. The molecule has 6 rings (SSSR count). The second-order valence-electron chi connectivity index (χ2n) is 9.65. The molecule has 22 heteroatoms. The largest absolute Gasteiger partial charge is 0.390 e. The Kier molecular flexibility index (Phi) is 6.75. The summed E-state index contributed by atoms with van der Waals surface area (Å²) in [7, 11) is -5.16. The van der Waals surface area contributed by atoms with Crippen LogP contribution in [-0.2, 0) is 18.6 Å². The molecule has 4 aromatic heterocycles. The number of hydrogen-bond acceptors (Lipinski definition) is 16. The first-order valence-electron chi connectivity index (χ1n) is 12.2. The van der Waals surface area contributed by atoms with Crippen LogP contribution in [0.4, 0.5) is 16.2 Å². The highest BCUT2D eigenvalue weighted by Gasteiger charge is 2.63. The number of aromatic nitrogens is 8. The molecular formula is C20H24FN10O10P. The van der Waals surface area contributed by atoms with Crippen molar-refractivity contribution in [2.75, 3.05) is 24.7 Å². The summed E-state index contributed by atoms with van der Waals surface area (Å²) < 4.78 is 47.1. The standard InChI is InChI=1S/C20H24FN10O10P/c21-20(2-32)12(35)11(18(41-20)31-5-27-8-15(31)28-19(23)29-16(8)36)42(37,38)39-1-6-9(33)10(34)17(40-6)30-4-26-7-13(22)24-3-25-14(7)30/h3-6,9-12,17-18,32-35H,1-2H2,(H,37,38)(H2,22,24,25)(H3,23,28,29,36)/t6-,9-,10-,11-,12+,17-,18-,20-/m1/s1. The van der Waals surface area contributed by atoms with Gasteiger partial charge in [0.25, 0.3) is 11.4 Å². The minimum atomic E-state index is -5.16. The van der Waals surface area contributed by atoms with Crippen LogP contribution in [-0.4, -0.2) is 114 Å². The van der Waals surface area contributed by atoms with Gasteiger partial charge < -0.3 is 50.8 Å². The number of nitrogens with zero attached hydrogens (tertiary/aromatic N) is 7. The van der Waals surface area contributed by atoms with Crippen LogP contribution in [0.25, 0.3) is 22.3 Å². The average molecular weight is 614 g/mol. The second-order valence-corrected chi connectivity index (χ2v) is 11.6. The summed E-state index contributed by atoms with van der Waals surface area (Å²) in [4.78, 5) is 45.0. The summed E-state index contributed by atoms with van der Waals surface area (Å²) in [5, 5.41) is 41.5. The SMILES string of the molecule is Nc1nc2c(ncn2[C@@H]2O[C@](F)(CO)[C@@H](O)[C@H]2P(=O)(O)OC[C@H]2O[C@@H](n3cnc4c(N)ncnc43)[C@H](O)[C@@H]2O)c(=O)[nH]1. The fourth-order valence-electron chi connectivity index (χ4n) is 4.99. The summed E-state index contributed by atoms with van der Waals surface area (Å²) >= 11 is 0. The van der Waals surface area contributed by atoms with Crippen LogP contribution < -0.4 is 17.0 Å². The molecular weight excluding hydrogens is 590 g/mol. The summed E-state index contributed by atoms with van der Waals surface area (Å²) in [5.74, 6) is -3.54. The highest BCUT2D eigenvalue weighted by Crippen LogP contribution is 2.60. The van der Waals surface area contributed by atoms with Crippen LogP contribution in [0.3, 0.4) is 0 Å². The van der Waals surface area contributed by atoms with E-state index >= 15 is 4.39 Å². The number of alkyl halides is 1. The molecule has 0 radical (unpaired) electrons. The van der Waals surface area contributed by atoms with Crippen molar-refractivity contribution < 1.29 is 48.3 Å². The lowest BCUT2D eigenvalue weighted by Gasteiger charge is -2.27. The van der Waals surface area contributed by atoms with Crippen molar-refractivity contribution >= 4 is 41.7 Å². The molecule has 0 spiro atoms. The maximum absolute atomic E-state index is 15.4. The third-order valence-corrected chi connectivity index (χ3v) is 8.92. The molecule has 2 aliphatic rings. The van der Waals surface area contributed by atoms with E-state index in [2.05, 4.69) is 29.9 Å². The maximum Gasteiger partial charge on any atom is 0.338 e. The molecule has 1 unspecified atom stereocenters. The second kappa shape index (κ2) is 9.97. The fraction of sp³-hybridized carbons (Fsp3) is 0.500. The molecule has 0 amide bonds. The van der Waals surface area contributed by atoms with Crippen molar-refractivity contribution in [3.63, 3.8) is 0 Å². The first-order valence-corrected chi connectivity index (χ1v) is 13.8. The molecule has 20 nitrogen and oxygen atoms in total. The molecule has 6 heterocycles. The Balaban J connectivity index is 1.27. The summed E-state index contributed by atoms with van der Waals surface area (Å²) in [6.07, 6.45) is -6.92. The van der Waals surface area contributed by atoms with Crippen LogP contribution in [0.2, 0.25) is 0 Å². The molecule has 2 saturated heterocycles. The summed E-state index contributed by atoms with van der Waals surface area (Å²) in [6.45, 7) is -2.26. The van der Waals surface area contributed by atoms with Crippen LogP contribution in [0.5, 0.6) is 0 Å². The Morgan fingerprint density at radius 2 is 1.76 bits per heavy atom. The molecule has 0 bridgehead atoms. The van der Waals surface area contributed by atoms with Crippen molar-refractivity contribution in [2.45, 2.75) is 48.4 Å². The van der Waals surface area contributed by atoms with E-state index in [1.54, 1.807) is 0 Å². The smallest absolute Gasteiger partial charge is 0.338 e. The number of rotatable bonds is 7. The van der Waals surface area contributed by atoms with Gasteiger partial charge in [-0.25, -0.2) is 24.3 Å². The Bertz CT molecular complexity index is 1770. The van der Waals surface area contributed by atoms with Gasteiger partial charge >= 0.3 is 7.60 Å². The van der Waals surface area contributed by atoms with Crippen LogP contribution in [0, 0.1) is 0 Å². The Labute approximate surface area is 231 Å². The number of fused-ring (bicyclic) bond motifs is 2. The number of nitrogen functional groups attached to an aromatic ring is 2. The quantitative estimate of drug-likeness (QED) is 0.0953. The molecule has 0 aromatic carbocycles. The molecule has 226 valence electrons. The van der Waals surface area contributed by atoms with Gasteiger partial charge in [0.2, 0.25) is 5.95 Å². The molecule has 42 heavy (non-hydrogen) atoms. The number of nitrogens with one attached hydrogen (secondary N) is 1. The third-order valence-electron chi connectivity index (χ3n) is 7.11. The van der Waals surface area contributed by atoms with Crippen molar-refractivity contribution in [3.8, 4) is 0 Å². The lowest BCUT2D eigenvalue weighted by Crippen LogP contribution is -2.42. The first kappa shape index (κ1) is 28.5. The molecule has 0 aliphatic carbocycles. The average Bonchev–Trinajstić information content (AvgIpc) is 3.68. The van der Waals surface area contributed by atoms with Gasteiger partial charge in [0, 0.05) is 0 Å². The number of hydrogen-bond donors (Lipinski definition) is 8. The van der Waals surface area contributed by atoms with E-state index in [4.69, 9.17) is 25.5 Å². The van der Waals surface area contributed by atoms with E-state index in [0.717, 1.165) is 17.2 Å². The third kappa shape index (κ3) is 4.33. The number of aliphatic hydroxyl groups excluding tert-OH is 4. The number of aliphatic hydroxyl groups is 4. The molecule has 10 N–H and O–H groups in total. The number of imidazole rings is 2. The van der Waals surface area contributed by atoms with Gasteiger partial charge in [-0.3, -0.25) is 23.5 Å². The Morgan fingerprint density at radius 1 is 1.07 bits per heavy atom. The van der Waals surface area contributed by atoms with Crippen molar-refractivity contribution in [1.29, 1.82) is 0 Å². The number of anilines is 2. The van der Waals surface area contributed by atoms with Crippen molar-refractivity contribution in [3.05, 3.63) is 29.3 Å². The molecule has 9 atom stereocenters. The number of halogens is 1. The lowest BCUT2D eigenvalue weighted by atomic mass is 10.1. The Morgan fingerprint density at radius 3 is 2.48 bits per heavy atom. The number of H-pyrrole nitrogens is 1. The minimum Gasteiger partial charge on any atom is -0.390 e. The topological polar surface area (TPSA) is 305 Å². The number of ether oxygens (including phenoxy) is 2. The van der Waals surface area contributed by atoms with Gasteiger partial charge in [0.1, 0.15) is 48.5 Å². The highest BCUT2D eigenvalue weighted by atomic mass is 31.2. The molecule has 2 aliphatic heterocycles. The van der Waals surface area contributed by atoms with Crippen LogP contribution in [0.1, 0.15) is 12.5 Å². The van der Waals surface area contributed by atoms with Crippen LogP contribution in [0.15, 0.2) is 23.8 Å². The normalized spacial score (nSPS) is 33.0. The highest BCUT2D eigenvalue weighted by molar-refractivity contribution is 7.53. The predicted molar refractivity (Wildman–Crippen MR) is 135 cm³/mol. The maximum atomic E-state index is 15.4. The van der Waals surface area contributed by atoms with E-state index in [1.807, 2.05) is 0 Å². The van der Waals surface area contributed by atoms with Gasteiger partial charge in [-0.2, -0.15) is 4.98 Å². The van der Waals surface area contributed by atoms with E-state index in [1.165, 1.54) is 10.9 Å². The molecule has 4 aromatic rings. The zero-order valence-corrected chi connectivity index (χ0v) is 22.0. The zero-order valence-electron chi connectivity index (χ0n) is 21.1. The van der Waals surface area contributed by atoms with Gasteiger partial charge in [0.15, 0.2) is 35.1 Å².